The topological polar surface area (TPSA) is 33.1 Å². The minimum atomic E-state index is -0.270. The van der Waals surface area contributed by atoms with E-state index in [4.69, 9.17) is 0 Å². The highest BCUT2D eigenvalue weighted by Crippen LogP contribution is 2.48. The monoisotopic (exact) mass is 327 g/mol. The molecule has 0 aliphatic heterocycles. The van der Waals surface area contributed by atoms with Gasteiger partial charge in [0.15, 0.2) is 0 Å². The van der Waals surface area contributed by atoms with Crippen LogP contribution in [-0.4, -0.2) is 16.7 Å². The number of aromatic nitrogens is 1. The average molecular weight is 328 g/mol. The Kier molecular flexibility index (Phi) is 3.00. The molecule has 18 heavy (non-hydrogen) atoms. The van der Waals surface area contributed by atoms with Gasteiger partial charge in [0.25, 0.3) is 0 Å². The molecule has 0 unspecified atom stereocenters. The van der Waals surface area contributed by atoms with Crippen LogP contribution < -0.4 is 0 Å². The third-order valence-electron chi connectivity index (χ3n) is 3.36. The molecule has 3 rings (SSSR count). The van der Waals surface area contributed by atoms with Crippen LogP contribution in [0.5, 0.6) is 0 Å². The lowest BCUT2D eigenvalue weighted by Crippen LogP contribution is -2.12. The summed E-state index contributed by atoms with van der Waals surface area (Å²) in [4.78, 5) is 4.49. The van der Waals surface area contributed by atoms with E-state index in [1.54, 1.807) is 12.1 Å². The molecule has 0 bridgehead atoms. The molecule has 5 heteroatoms. The molecule has 0 amide bonds. The number of halogens is 2. The van der Waals surface area contributed by atoms with Crippen molar-refractivity contribution in [1.29, 1.82) is 0 Å². The number of hydrogen-bond acceptors (Lipinski definition) is 3. The van der Waals surface area contributed by atoms with E-state index in [-0.39, 0.29) is 17.8 Å². The van der Waals surface area contributed by atoms with Crippen molar-refractivity contribution in [2.75, 3.05) is 6.61 Å². The number of aliphatic hydroxyl groups excluding tert-OH is 1. The fourth-order valence-electron chi connectivity index (χ4n) is 1.95. The summed E-state index contributed by atoms with van der Waals surface area (Å²) < 4.78 is 14.6. The molecule has 94 valence electrons. The fraction of sp³-hybridized carbons (Fsp3) is 0.308. The van der Waals surface area contributed by atoms with Gasteiger partial charge in [0.1, 0.15) is 10.8 Å². The lowest BCUT2D eigenvalue weighted by Gasteiger charge is -2.06. The third kappa shape index (κ3) is 2.00. The van der Waals surface area contributed by atoms with Gasteiger partial charge in [-0.25, -0.2) is 9.37 Å². The van der Waals surface area contributed by atoms with Crippen molar-refractivity contribution in [2.45, 2.75) is 18.3 Å². The molecule has 0 spiro atoms. The molecule has 0 radical (unpaired) electrons. The first-order chi connectivity index (χ1) is 8.64. The molecule has 2 nitrogen and oxygen atoms in total. The highest BCUT2D eigenvalue weighted by Gasteiger charge is 2.45. The predicted molar refractivity (Wildman–Crippen MR) is 73.2 cm³/mol. The molecule has 1 heterocycles. The zero-order valence-electron chi connectivity index (χ0n) is 9.49. The van der Waals surface area contributed by atoms with Gasteiger partial charge < -0.3 is 5.11 Å². The number of nitrogens with zero attached hydrogens (tertiary/aromatic N) is 1. The number of benzene rings is 1. The number of rotatable bonds is 3. The Morgan fingerprint density at radius 2 is 2.22 bits per heavy atom. The summed E-state index contributed by atoms with van der Waals surface area (Å²) in [6.45, 7) is 0.122. The Bertz CT molecular complexity index is 594. The molecular formula is C13H11BrFNOS. The van der Waals surface area contributed by atoms with Crippen LogP contribution in [0.1, 0.15) is 18.5 Å². The first kappa shape index (κ1) is 12.3. The molecular weight excluding hydrogens is 317 g/mol. The van der Waals surface area contributed by atoms with Crippen molar-refractivity contribution >= 4 is 27.3 Å². The third-order valence-corrected chi connectivity index (χ3v) is 4.73. The maximum absolute atomic E-state index is 13.8. The summed E-state index contributed by atoms with van der Waals surface area (Å²) in [5.41, 5.74) is 1.25. The van der Waals surface area contributed by atoms with Crippen LogP contribution in [0.3, 0.4) is 0 Å². The van der Waals surface area contributed by atoms with Crippen molar-refractivity contribution in [1.82, 2.24) is 4.98 Å². The van der Waals surface area contributed by atoms with E-state index >= 15 is 0 Å². The lowest BCUT2D eigenvalue weighted by molar-refractivity contribution is 0.253. The molecule has 0 saturated heterocycles. The Balaban J connectivity index is 2.00. The number of hydrogen-bond donors (Lipinski definition) is 1. The molecule has 1 N–H and O–H groups in total. The van der Waals surface area contributed by atoms with Crippen LogP contribution in [0.25, 0.3) is 10.6 Å². The highest BCUT2D eigenvalue weighted by atomic mass is 79.9. The summed E-state index contributed by atoms with van der Waals surface area (Å²) in [6.07, 6.45) is 1.93. The summed E-state index contributed by atoms with van der Waals surface area (Å²) in [7, 11) is 0. The maximum atomic E-state index is 13.8. The van der Waals surface area contributed by atoms with Gasteiger partial charge in [-0.05, 0) is 31.0 Å². The normalized spacial score (nSPS) is 16.8. The molecule has 1 aromatic heterocycles. The van der Waals surface area contributed by atoms with E-state index in [0.29, 0.717) is 10.6 Å². The lowest BCUT2D eigenvalue weighted by atomic mass is 10.1. The minimum absolute atomic E-state index is 0.122. The summed E-state index contributed by atoms with van der Waals surface area (Å²) in [6, 6.07) is 4.83. The zero-order valence-corrected chi connectivity index (χ0v) is 11.9. The number of aliphatic hydroxyl groups is 1. The molecule has 1 aromatic carbocycles. The van der Waals surface area contributed by atoms with E-state index in [0.717, 1.165) is 23.0 Å². The van der Waals surface area contributed by atoms with Crippen molar-refractivity contribution in [2.24, 2.45) is 0 Å². The zero-order chi connectivity index (χ0) is 12.8. The van der Waals surface area contributed by atoms with Gasteiger partial charge >= 0.3 is 0 Å². The quantitative estimate of drug-likeness (QED) is 0.931. The molecule has 0 atom stereocenters. The summed E-state index contributed by atoms with van der Waals surface area (Å²) in [5.74, 6) is -0.270. The first-order valence-electron chi connectivity index (χ1n) is 5.67. The Labute approximate surface area is 117 Å². The van der Waals surface area contributed by atoms with Crippen LogP contribution in [0.2, 0.25) is 0 Å². The van der Waals surface area contributed by atoms with Gasteiger partial charge in [-0.1, -0.05) is 15.9 Å². The van der Waals surface area contributed by atoms with Gasteiger partial charge in [-0.2, -0.15) is 0 Å². The van der Waals surface area contributed by atoms with E-state index in [2.05, 4.69) is 20.9 Å². The van der Waals surface area contributed by atoms with Gasteiger partial charge in [-0.3, -0.25) is 0 Å². The Morgan fingerprint density at radius 3 is 2.89 bits per heavy atom. The smallest absolute Gasteiger partial charge is 0.133 e. The minimum Gasteiger partial charge on any atom is -0.395 e. The SMILES string of the molecule is OCC1(c2csc(-c3cc(Br)ccc3F)n2)CC1. The molecule has 2 aromatic rings. The van der Waals surface area contributed by atoms with Crippen molar-refractivity contribution in [3.8, 4) is 10.6 Å². The summed E-state index contributed by atoms with van der Waals surface area (Å²) >= 11 is 4.76. The van der Waals surface area contributed by atoms with Gasteiger partial charge in [0, 0.05) is 20.8 Å². The van der Waals surface area contributed by atoms with Crippen molar-refractivity contribution in [3.05, 3.63) is 39.6 Å². The molecule has 1 saturated carbocycles. The van der Waals surface area contributed by atoms with Crippen LogP contribution >= 0.6 is 27.3 Å². The molecule has 1 aliphatic carbocycles. The van der Waals surface area contributed by atoms with Crippen LogP contribution in [-0.2, 0) is 5.41 Å². The second kappa shape index (κ2) is 4.40. The van der Waals surface area contributed by atoms with Crippen LogP contribution in [0.4, 0.5) is 4.39 Å². The Hall–Kier alpha value is -0.780. The van der Waals surface area contributed by atoms with E-state index < -0.39 is 0 Å². The standard InChI is InChI=1S/C13H11BrFNOS/c14-8-1-2-10(15)9(5-8)12-16-11(6-18-12)13(7-17)3-4-13/h1-2,5-6,17H,3-4,7H2. The van der Waals surface area contributed by atoms with E-state index in [9.17, 15) is 9.50 Å². The van der Waals surface area contributed by atoms with Crippen molar-refractivity contribution < 1.29 is 9.50 Å². The predicted octanol–water partition coefficient (Wildman–Crippen LogP) is 3.74. The summed E-state index contributed by atoms with van der Waals surface area (Å²) in [5, 5.41) is 12.0. The van der Waals surface area contributed by atoms with Crippen LogP contribution in [0, 0.1) is 5.82 Å². The average Bonchev–Trinajstić information content (AvgIpc) is 3.02. The fourth-order valence-corrected chi connectivity index (χ4v) is 3.27. The Morgan fingerprint density at radius 1 is 1.44 bits per heavy atom. The second-order valence-corrected chi connectivity index (χ2v) is 6.37. The highest BCUT2D eigenvalue weighted by molar-refractivity contribution is 9.10. The molecule has 1 fully saturated rings. The van der Waals surface area contributed by atoms with Crippen molar-refractivity contribution in [3.63, 3.8) is 0 Å². The van der Waals surface area contributed by atoms with Crippen LogP contribution in [0.15, 0.2) is 28.1 Å². The molecule has 1 aliphatic rings. The maximum Gasteiger partial charge on any atom is 0.133 e. The second-order valence-electron chi connectivity index (χ2n) is 4.60. The first-order valence-corrected chi connectivity index (χ1v) is 7.34. The van der Waals surface area contributed by atoms with Gasteiger partial charge in [0.05, 0.1) is 12.3 Å². The number of thiazole rings is 1. The van der Waals surface area contributed by atoms with Gasteiger partial charge in [0.2, 0.25) is 0 Å². The van der Waals surface area contributed by atoms with Gasteiger partial charge in [-0.15, -0.1) is 11.3 Å². The van der Waals surface area contributed by atoms with E-state index in [1.165, 1.54) is 17.4 Å². The largest absolute Gasteiger partial charge is 0.395 e. The van der Waals surface area contributed by atoms with E-state index in [1.807, 2.05) is 5.38 Å².